The lowest BCUT2D eigenvalue weighted by Gasteiger charge is -2.23. The molecule has 0 heterocycles. The molecule has 4 N–H and O–H groups in total. The van der Waals surface area contributed by atoms with Gasteiger partial charge in [-0.1, -0.05) is 30.6 Å². The number of unbranched alkanes of at least 4 members (excludes halogenated alkanes) is 1. The Labute approximate surface area is 149 Å². The fraction of sp³-hybridized carbons (Fsp3) is 0.556. The van der Waals surface area contributed by atoms with Gasteiger partial charge < -0.3 is 25.7 Å². The summed E-state index contributed by atoms with van der Waals surface area (Å²) in [7, 11) is 0. The van der Waals surface area contributed by atoms with Crippen LogP contribution in [0.4, 0.5) is 4.79 Å². The Kier molecular flexibility index (Phi) is 8.04. The maximum Gasteiger partial charge on any atom is 0.408 e. The molecule has 7 heteroatoms. The molecule has 0 aliphatic rings. The Morgan fingerprint density at radius 3 is 2.48 bits per heavy atom. The maximum absolute atomic E-state index is 11.9. The first-order valence-corrected chi connectivity index (χ1v) is 8.44. The molecule has 25 heavy (non-hydrogen) atoms. The number of carbonyl (C=O) groups is 1. The highest BCUT2D eigenvalue weighted by Gasteiger charge is 2.22. The first kappa shape index (κ1) is 20.6. The van der Waals surface area contributed by atoms with Crippen LogP contribution in [0.1, 0.15) is 46.1 Å². The number of rotatable bonds is 8. The molecule has 1 aromatic carbocycles. The lowest BCUT2D eigenvalue weighted by atomic mass is 10.1. The van der Waals surface area contributed by atoms with E-state index in [0.29, 0.717) is 13.0 Å². The predicted octanol–water partition coefficient (Wildman–Crippen LogP) is 3.05. The van der Waals surface area contributed by atoms with Crippen molar-refractivity contribution in [1.29, 1.82) is 0 Å². The van der Waals surface area contributed by atoms with E-state index in [2.05, 4.69) is 17.4 Å². The van der Waals surface area contributed by atoms with Gasteiger partial charge in [0.15, 0.2) is 5.84 Å². The molecular formula is C18H29N3O4. The number of amidine groups is 1. The number of amides is 1. The van der Waals surface area contributed by atoms with Crippen LogP contribution in [-0.2, 0) is 11.2 Å². The van der Waals surface area contributed by atoms with Crippen LogP contribution >= 0.6 is 0 Å². The largest absolute Gasteiger partial charge is 0.494 e. The van der Waals surface area contributed by atoms with Crippen LogP contribution < -0.4 is 15.8 Å². The number of nitrogens with two attached hydrogens (primary N) is 1. The first-order chi connectivity index (χ1) is 11.7. The molecule has 1 atom stereocenters. The topological polar surface area (TPSA) is 106 Å². The molecule has 7 nitrogen and oxygen atoms in total. The molecule has 0 aliphatic heterocycles. The van der Waals surface area contributed by atoms with Gasteiger partial charge in [-0.2, -0.15) is 0 Å². The Balaban J connectivity index is 2.70. The second kappa shape index (κ2) is 9.76. The van der Waals surface area contributed by atoms with Crippen LogP contribution in [0.3, 0.4) is 0 Å². The number of nitrogens with one attached hydrogen (secondary N) is 1. The van der Waals surface area contributed by atoms with E-state index in [0.717, 1.165) is 24.2 Å². The van der Waals surface area contributed by atoms with Crippen molar-refractivity contribution in [3.63, 3.8) is 0 Å². The van der Waals surface area contributed by atoms with Crippen LogP contribution in [0, 0.1) is 0 Å². The molecule has 0 aromatic heterocycles. The number of alkyl carbamates (subject to hydrolysis) is 1. The summed E-state index contributed by atoms with van der Waals surface area (Å²) in [5.74, 6) is 0.701. The van der Waals surface area contributed by atoms with Crippen LogP contribution in [0.15, 0.2) is 29.4 Å². The van der Waals surface area contributed by atoms with Gasteiger partial charge in [0.05, 0.1) is 12.6 Å². The Bertz CT molecular complexity index is 565. The molecule has 140 valence electrons. The molecular weight excluding hydrogens is 322 g/mol. The normalized spacial score (nSPS) is 13.2. The van der Waals surface area contributed by atoms with Crippen LogP contribution in [0.5, 0.6) is 5.75 Å². The van der Waals surface area contributed by atoms with Gasteiger partial charge in [-0.3, -0.25) is 0 Å². The minimum Gasteiger partial charge on any atom is -0.494 e. The zero-order chi connectivity index (χ0) is 18.9. The minimum atomic E-state index is -0.674. The highest BCUT2D eigenvalue weighted by atomic mass is 16.6. The zero-order valence-corrected chi connectivity index (χ0v) is 15.4. The number of benzene rings is 1. The van der Waals surface area contributed by atoms with Gasteiger partial charge in [0.1, 0.15) is 11.4 Å². The SMILES string of the molecule is CCCCOc1ccc(C[C@H](NC(=O)OC(C)(C)C)/C(N)=N/O)cc1. The Morgan fingerprint density at radius 1 is 1.32 bits per heavy atom. The smallest absolute Gasteiger partial charge is 0.408 e. The molecule has 0 unspecified atom stereocenters. The van der Waals surface area contributed by atoms with Gasteiger partial charge >= 0.3 is 6.09 Å². The molecule has 1 rings (SSSR count). The third-order valence-corrected chi connectivity index (χ3v) is 3.29. The maximum atomic E-state index is 11.9. The summed E-state index contributed by atoms with van der Waals surface area (Å²) in [4.78, 5) is 11.9. The third kappa shape index (κ3) is 8.28. The second-order valence-electron chi connectivity index (χ2n) is 6.77. The van der Waals surface area contributed by atoms with Crippen LogP contribution in [0.25, 0.3) is 0 Å². The molecule has 0 spiro atoms. The fourth-order valence-corrected chi connectivity index (χ4v) is 2.04. The molecule has 0 aliphatic carbocycles. The van der Waals surface area contributed by atoms with E-state index in [9.17, 15) is 4.79 Å². The van der Waals surface area contributed by atoms with E-state index in [1.165, 1.54) is 0 Å². The summed E-state index contributed by atoms with van der Waals surface area (Å²) in [6, 6.07) is 6.82. The average Bonchev–Trinajstić information content (AvgIpc) is 2.53. The van der Waals surface area contributed by atoms with Crippen molar-refractivity contribution < 1.29 is 19.5 Å². The van der Waals surface area contributed by atoms with Crippen LogP contribution in [-0.4, -0.2) is 35.4 Å². The number of hydrogen-bond acceptors (Lipinski definition) is 5. The number of nitrogens with zero attached hydrogens (tertiary/aromatic N) is 1. The van der Waals surface area contributed by atoms with E-state index in [-0.39, 0.29) is 5.84 Å². The number of ether oxygens (including phenoxy) is 2. The summed E-state index contributed by atoms with van der Waals surface area (Å²) < 4.78 is 10.8. The third-order valence-electron chi connectivity index (χ3n) is 3.29. The van der Waals surface area contributed by atoms with Crippen molar-refractivity contribution in [3.8, 4) is 5.75 Å². The summed E-state index contributed by atoms with van der Waals surface area (Å²) in [5.41, 5.74) is 5.98. The van der Waals surface area contributed by atoms with Gasteiger partial charge in [-0.05, 0) is 44.9 Å². The first-order valence-electron chi connectivity index (χ1n) is 8.44. The van der Waals surface area contributed by atoms with Crippen molar-refractivity contribution >= 4 is 11.9 Å². The summed E-state index contributed by atoms with van der Waals surface area (Å²) in [5, 5.41) is 14.6. The highest BCUT2D eigenvalue weighted by Crippen LogP contribution is 2.14. The van der Waals surface area contributed by atoms with E-state index < -0.39 is 17.7 Å². The molecule has 1 amide bonds. The monoisotopic (exact) mass is 351 g/mol. The Morgan fingerprint density at radius 2 is 1.96 bits per heavy atom. The van der Waals surface area contributed by atoms with Crippen LogP contribution in [0.2, 0.25) is 0 Å². The molecule has 0 fully saturated rings. The molecule has 1 aromatic rings. The molecule has 0 saturated carbocycles. The Hall–Kier alpha value is -2.44. The van der Waals surface area contributed by atoms with E-state index in [4.69, 9.17) is 20.4 Å². The number of hydrogen-bond donors (Lipinski definition) is 3. The quantitative estimate of drug-likeness (QED) is 0.219. The van der Waals surface area contributed by atoms with Crippen molar-refractivity contribution in [3.05, 3.63) is 29.8 Å². The summed E-state index contributed by atoms with van der Waals surface area (Å²) in [6.45, 7) is 8.09. The van der Waals surface area contributed by atoms with Gasteiger partial charge in [-0.15, -0.1) is 0 Å². The minimum absolute atomic E-state index is 0.0888. The van der Waals surface area contributed by atoms with Crippen molar-refractivity contribution in [1.82, 2.24) is 5.32 Å². The van der Waals surface area contributed by atoms with Gasteiger partial charge in [-0.25, -0.2) is 4.79 Å². The average molecular weight is 351 g/mol. The molecule has 0 saturated heterocycles. The lowest BCUT2D eigenvalue weighted by Crippen LogP contribution is -2.47. The predicted molar refractivity (Wildman–Crippen MR) is 97.1 cm³/mol. The summed E-state index contributed by atoms with van der Waals surface area (Å²) >= 11 is 0. The number of carbonyl (C=O) groups excluding carboxylic acids is 1. The van der Waals surface area contributed by atoms with Crippen molar-refractivity contribution in [2.45, 2.75) is 58.6 Å². The number of oxime groups is 1. The van der Waals surface area contributed by atoms with Crippen molar-refractivity contribution in [2.24, 2.45) is 10.9 Å². The van der Waals surface area contributed by atoms with Gasteiger partial charge in [0.2, 0.25) is 0 Å². The van der Waals surface area contributed by atoms with Gasteiger partial charge in [0.25, 0.3) is 0 Å². The molecule has 0 radical (unpaired) electrons. The summed E-state index contributed by atoms with van der Waals surface area (Å²) in [6.07, 6.45) is 1.83. The fourth-order valence-electron chi connectivity index (χ4n) is 2.04. The lowest BCUT2D eigenvalue weighted by molar-refractivity contribution is 0.0517. The highest BCUT2D eigenvalue weighted by molar-refractivity contribution is 5.88. The molecule has 0 bridgehead atoms. The van der Waals surface area contributed by atoms with E-state index in [1.807, 2.05) is 24.3 Å². The van der Waals surface area contributed by atoms with Crippen molar-refractivity contribution in [2.75, 3.05) is 6.61 Å². The van der Waals surface area contributed by atoms with Gasteiger partial charge in [0, 0.05) is 6.42 Å². The second-order valence-corrected chi connectivity index (χ2v) is 6.77. The van der Waals surface area contributed by atoms with E-state index in [1.54, 1.807) is 20.8 Å². The van der Waals surface area contributed by atoms with E-state index >= 15 is 0 Å². The zero-order valence-electron chi connectivity index (χ0n) is 15.4. The standard InChI is InChI=1S/C18H29N3O4/c1-5-6-11-24-14-9-7-13(8-10-14)12-15(16(19)21-23)20-17(22)25-18(2,3)4/h7-10,15,23H,5-6,11-12H2,1-4H3,(H2,19,21)(H,20,22)/t15-/m0/s1.